The number of amides is 1. The van der Waals surface area contributed by atoms with E-state index < -0.39 is 0 Å². The zero-order valence-electron chi connectivity index (χ0n) is 12.1. The van der Waals surface area contributed by atoms with Crippen molar-refractivity contribution in [3.8, 4) is 11.4 Å². The molecule has 1 amide bonds. The molecular weight excluding hydrogens is 312 g/mol. The van der Waals surface area contributed by atoms with Gasteiger partial charge in [-0.3, -0.25) is 4.79 Å². The van der Waals surface area contributed by atoms with Crippen LogP contribution in [0.3, 0.4) is 0 Å². The van der Waals surface area contributed by atoms with E-state index in [1.807, 2.05) is 42.5 Å². The number of carbonyl (C=O) groups excluding carboxylic acids is 1. The monoisotopic (exact) mass is 324 g/mol. The molecule has 0 fully saturated rings. The number of hydrogen-bond acceptors (Lipinski definition) is 3. The number of para-hydroxylation sites is 1. The highest BCUT2D eigenvalue weighted by Gasteiger charge is 2.04. The fraction of sp³-hybridized carbons (Fsp3) is 0. The highest BCUT2D eigenvalue weighted by Crippen LogP contribution is 2.18. The number of nitrogens with one attached hydrogen (secondary N) is 1. The Bertz CT molecular complexity index is 843. The largest absolute Gasteiger partial charge is 0.322 e. The summed E-state index contributed by atoms with van der Waals surface area (Å²) in [6, 6.07) is 16.5. The number of carbonyl (C=O) groups is 1. The van der Waals surface area contributed by atoms with Gasteiger partial charge in [0.05, 0.1) is 0 Å². The van der Waals surface area contributed by atoms with Crippen molar-refractivity contribution in [2.24, 2.45) is 0 Å². The lowest BCUT2D eigenvalue weighted by Gasteiger charge is -2.00. The van der Waals surface area contributed by atoms with Gasteiger partial charge in [-0.2, -0.15) is 0 Å². The first kappa shape index (κ1) is 15.0. The molecule has 5 nitrogen and oxygen atoms in total. The van der Waals surface area contributed by atoms with Gasteiger partial charge in [-0.1, -0.05) is 41.9 Å². The summed E-state index contributed by atoms with van der Waals surface area (Å²) in [5.74, 6) is 0.302. The molecule has 23 heavy (non-hydrogen) atoms. The maximum Gasteiger partial charge on any atom is 0.249 e. The van der Waals surface area contributed by atoms with Gasteiger partial charge in [0.25, 0.3) is 0 Å². The topological polar surface area (TPSA) is 59.8 Å². The third-order valence-electron chi connectivity index (χ3n) is 3.01. The second-order valence-corrected chi connectivity index (χ2v) is 5.17. The molecule has 0 radical (unpaired) electrons. The number of halogens is 1. The van der Waals surface area contributed by atoms with Crippen LogP contribution in [0.1, 0.15) is 0 Å². The van der Waals surface area contributed by atoms with Gasteiger partial charge in [-0.25, -0.2) is 9.67 Å². The predicted octanol–water partition coefficient (Wildman–Crippen LogP) is 3.71. The van der Waals surface area contributed by atoms with Crippen LogP contribution in [0.5, 0.6) is 0 Å². The number of anilines is 1. The maximum absolute atomic E-state index is 11.8. The van der Waals surface area contributed by atoms with Gasteiger partial charge in [0, 0.05) is 28.5 Å². The van der Waals surface area contributed by atoms with Crippen LogP contribution in [-0.4, -0.2) is 20.7 Å². The van der Waals surface area contributed by atoms with E-state index in [2.05, 4.69) is 15.4 Å². The highest BCUT2D eigenvalue weighted by molar-refractivity contribution is 6.30. The second-order valence-electron chi connectivity index (χ2n) is 4.73. The zero-order chi connectivity index (χ0) is 16.1. The van der Waals surface area contributed by atoms with Crippen molar-refractivity contribution in [2.45, 2.75) is 0 Å². The summed E-state index contributed by atoms with van der Waals surface area (Å²) in [6.07, 6.45) is 4.46. The molecule has 6 heteroatoms. The van der Waals surface area contributed by atoms with Gasteiger partial charge in [0.15, 0.2) is 5.82 Å². The first-order valence-corrected chi connectivity index (χ1v) is 7.30. The van der Waals surface area contributed by atoms with Crippen LogP contribution in [-0.2, 0) is 4.79 Å². The first-order chi connectivity index (χ1) is 11.2. The number of benzene rings is 2. The molecule has 1 N–H and O–H groups in total. The predicted molar refractivity (Wildman–Crippen MR) is 90.9 cm³/mol. The lowest BCUT2D eigenvalue weighted by molar-refractivity contribution is -0.111. The van der Waals surface area contributed by atoms with Crippen LogP contribution in [0.4, 0.5) is 5.69 Å². The van der Waals surface area contributed by atoms with Crippen molar-refractivity contribution in [3.63, 3.8) is 0 Å². The molecule has 0 atom stereocenters. The number of aromatic nitrogens is 3. The van der Waals surface area contributed by atoms with Crippen molar-refractivity contribution in [1.29, 1.82) is 0 Å². The summed E-state index contributed by atoms with van der Waals surface area (Å²) in [6.45, 7) is 0. The van der Waals surface area contributed by atoms with Gasteiger partial charge in [-0.15, -0.1) is 5.10 Å². The minimum atomic E-state index is -0.240. The maximum atomic E-state index is 11.8. The molecule has 0 aliphatic rings. The normalized spacial score (nSPS) is 10.8. The molecule has 114 valence electrons. The smallest absolute Gasteiger partial charge is 0.249 e. The SMILES string of the molecule is O=C(/C=C/n1cnc(-c2cccc(Cl)c2)n1)Nc1ccccc1. The van der Waals surface area contributed by atoms with Crippen LogP contribution >= 0.6 is 11.6 Å². The summed E-state index contributed by atoms with van der Waals surface area (Å²) >= 11 is 5.95. The Balaban J connectivity index is 1.68. The fourth-order valence-corrected chi connectivity index (χ4v) is 2.15. The molecule has 0 bridgehead atoms. The van der Waals surface area contributed by atoms with Crippen LogP contribution in [0, 0.1) is 0 Å². The van der Waals surface area contributed by atoms with Gasteiger partial charge < -0.3 is 5.32 Å². The standard InChI is InChI=1S/C17H13ClN4O/c18-14-6-4-5-13(11-14)17-19-12-22(21-17)10-9-16(23)20-15-7-2-1-3-8-15/h1-12H,(H,20,23)/b10-9+. The van der Waals surface area contributed by atoms with Crippen molar-refractivity contribution in [1.82, 2.24) is 14.8 Å². The van der Waals surface area contributed by atoms with E-state index in [1.54, 1.807) is 18.3 Å². The summed E-state index contributed by atoms with van der Waals surface area (Å²) in [7, 11) is 0. The van der Waals surface area contributed by atoms with Crippen molar-refractivity contribution < 1.29 is 4.79 Å². The zero-order valence-corrected chi connectivity index (χ0v) is 12.8. The number of nitrogens with zero attached hydrogens (tertiary/aromatic N) is 3. The van der Waals surface area contributed by atoms with Crippen molar-refractivity contribution in [2.75, 3.05) is 5.32 Å². The second kappa shape index (κ2) is 6.89. The Hall–Kier alpha value is -2.92. The third-order valence-corrected chi connectivity index (χ3v) is 3.25. The molecule has 0 spiro atoms. The molecule has 0 aliphatic carbocycles. The van der Waals surface area contributed by atoms with Gasteiger partial charge >= 0.3 is 0 Å². The third kappa shape index (κ3) is 4.05. The Morgan fingerprint density at radius 2 is 1.96 bits per heavy atom. The Labute approximate surface area is 138 Å². The Kier molecular flexibility index (Phi) is 4.49. The van der Waals surface area contributed by atoms with E-state index in [1.165, 1.54) is 17.1 Å². The van der Waals surface area contributed by atoms with Crippen molar-refractivity contribution in [3.05, 3.63) is 72.0 Å². The fourth-order valence-electron chi connectivity index (χ4n) is 1.96. The first-order valence-electron chi connectivity index (χ1n) is 6.92. The molecule has 3 rings (SSSR count). The lowest BCUT2D eigenvalue weighted by atomic mass is 10.2. The van der Waals surface area contributed by atoms with Crippen molar-refractivity contribution >= 4 is 29.4 Å². The molecule has 0 saturated carbocycles. The lowest BCUT2D eigenvalue weighted by Crippen LogP contribution is -2.07. The minimum absolute atomic E-state index is 0.240. The molecule has 0 aliphatic heterocycles. The van der Waals surface area contributed by atoms with E-state index in [9.17, 15) is 4.79 Å². The summed E-state index contributed by atoms with van der Waals surface area (Å²) in [5, 5.41) is 7.66. The molecule has 0 saturated heterocycles. The Morgan fingerprint density at radius 1 is 1.13 bits per heavy atom. The number of hydrogen-bond donors (Lipinski definition) is 1. The summed E-state index contributed by atoms with van der Waals surface area (Å²) in [5.41, 5.74) is 1.55. The van der Waals surface area contributed by atoms with E-state index in [0.29, 0.717) is 10.8 Å². The van der Waals surface area contributed by atoms with Crippen LogP contribution in [0.25, 0.3) is 17.6 Å². The van der Waals surface area contributed by atoms with E-state index in [0.717, 1.165) is 11.3 Å². The highest BCUT2D eigenvalue weighted by atomic mass is 35.5. The summed E-state index contributed by atoms with van der Waals surface area (Å²) in [4.78, 5) is 16.0. The van der Waals surface area contributed by atoms with E-state index in [4.69, 9.17) is 11.6 Å². The molecule has 1 aromatic heterocycles. The van der Waals surface area contributed by atoms with Crippen LogP contribution in [0.15, 0.2) is 67.0 Å². The van der Waals surface area contributed by atoms with E-state index in [-0.39, 0.29) is 5.91 Å². The van der Waals surface area contributed by atoms with Gasteiger partial charge in [0.2, 0.25) is 5.91 Å². The van der Waals surface area contributed by atoms with Crippen LogP contribution < -0.4 is 5.32 Å². The molecular formula is C17H13ClN4O. The van der Waals surface area contributed by atoms with Crippen LogP contribution in [0.2, 0.25) is 5.02 Å². The average molecular weight is 325 g/mol. The quantitative estimate of drug-likeness (QED) is 0.744. The van der Waals surface area contributed by atoms with Gasteiger partial charge in [0.1, 0.15) is 6.33 Å². The molecule has 3 aromatic rings. The summed E-state index contributed by atoms with van der Waals surface area (Å²) < 4.78 is 1.47. The van der Waals surface area contributed by atoms with E-state index >= 15 is 0 Å². The molecule has 1 heterocycles. The average Bonchev–Trinajstić information content (AvgIpc) is 3.03. The Morgan fingerprint density at radius 3 is 2.74 bits per heavy atom. The minimum Gasteiger partial charge on any atom is -0.322 e. The number of rotatable bonds is 4. The molecule has 0 unspecified atom stereocenters. The van der Waals surface area contributed by atoms with Gasteiger partial charge in [-0.05, 0) is 24.3 Å². The molecule has 2 aromatic carbocycles.